The fourth-order valence-corrected chi connectivity index (χ4v) is 2.15. The van der Waals surface area contributed by atoms with E-state index in [1.807, 2.05) is 11.4 Å². The van der Waals surface area contributed by atoms with Gasteiger partial charge in [0.2, 0.25) is 0 Å². The van der Waals surface area contributed by atoms with E-state index in [9.17, 15) is 0 Å². The molecule has 0 aliphatic heterocycles. The predicted molar refractivity (Wildman–Crippen MR) is 71.3 cm³/mol. The topological polar surface area (TPSA) is 50.7 Å². The molecule has 0 aliphatic carbocycles. The predicted octanol–water partition coefficient (Wildman–Crippen LogP) is 2.98. The highest BCUT2D eigenvalue weighted by molar-refractivity contribution is 7.13. The lowest BCUT2D eigenvalue weighted by molar-refractivity contribution is 0.874. The van der Waals surface area contributed by atoms with Gasteiger partial charge in [0.1, 0.15) is 5.82 Å². The first kappa shape index (κ1) is 12.0. The molecule has 0 saturated heterocycles. The van der Waals surface area contributed by atoms with Crippen molar-refractivity contribution in [1.82, 2.24) is 15.0 Å². The second kappa shape index (κ2) is 5.72. The van der Waals surface area contributed by atoms with Crippen LogP contribution >= 0.6 is 11.3 Å². The molecule has 5 heteroatoms. The molecule has 0 amide bonds. The molecule has 0 fully saturated rings. The summed E-state index contributed by atoms with van der Waals surface area (Å²) in [4.78, 5) is 13.3. The molecule has 17 heavy (non-hydrogen) atoms. The number of hydrogen-bond donors (Lipinski definition) is 1. The van der Waals surface area contributed by atoms with Gasteiger partial charge in [-0.1, -0.05) is 13.3 Å². The summed E-state index contributed by atoms with van der Waals surface area (Å²) >= 11 is 1.57. The summed E-state index contributed by atoms with van der Waals surface area (Å²) in [5, 5.41) is 6.05. The van der Waals surface area contributed by atoms with E-state index in [1.54, 1.807) is 17.5 Å². The van der Waals surface area contributed by atoms with Crippen molar-refractivity contribution in [2.75, 3.05) is 11.9 Å². The first-order valence-corrected chi connectivity index (χ1v) is 6.73. The quantitative estimate of drug-likeness (QED) is 0.883. The maximum atomic E-state index is 4.54. The fraction of sp³-hybridized carbons (Fsp3) is 0.417. The zero-order valence-electron chi connectivity index (χ0n) is 10.1. The van der Waals surface area contributed by atoms with Gasteiger partial charge in [0.15, 0.2) is 10.8 Å². The summed E-state index contributed by atoms with van der Waals surface area (Å²) in [7, 11) is 0. The number of hydrogen-bond acceptors (Lipinski definition) is 5. The molecule has 0 radical (unpaired) electrons. The minimum atomic E-state index is 0.724. The SMILES string of the molecule is CCCc1cc(NCC)nc(-c2nccs2)n1. The lowest BCUT2D eigenvalue weighted by Crippen LogP contribution is -2.04. The van der Waals surface area contributed by atoms with Crippen LogP contribution in [0.4, 0.5) is 5.82 Å². The molecule has 90 valence electrons. The van der Waals surface area contributed by atoms with E-state index in [0.717, 1.165) is 41.7 Å². The second-order valence-electron chi connectivity index (χ2n) is 3.69. The molecule has 4 nitrogen and oxygen atoms in total. The van der Waals surface area contributed by atoms with Crippen molar-refractivity contribution in [1.29, 1.82) is 0 Å². The van der Waals surface area contributed by atoms with Crippen LogP contribution < -0.4 is 5.32 Å². The first-order valence-electron chi connectivity index (χ1n) is 5.85. The number of thiazole rings is 1. The van der Waals surface area contributed by atoms with Crippen molar-refractivity contribution >= 4 is 17.2 Å². The van der Waals surface area contributed by atoms with Crippen LogP contribution in [0.5, 0.6) is 0 Å². The third kappa shape index (κ3) is 3.00. The summed E-state index contributed by atoms with van der Waals surface area (Å²) in [6, 6.07) is 2.02. The summed E-state index contributed by atoms with van der Waals surface area (Å²) in [5.74, 6) is 1.61. The van der Waals surface area contributed by atoms with Gasteiger partial charge in [0.05, 0.1) is 0 Å². The van der Waals surface area contributed by atoms with E-state index in [2.05, 4.69) is 34.1 Å². The maximum absolute atomic E-state index is 4.54. The number of aryl methyl sites for hydroxylation is 1. The molecule has 0 saturated carbocycles. The molecule has 0 atom stereocenters. The molecule has 2 rings (SSSR count). The Hall–Kier alpha value is -1.49. The van der Waals surface area contributed by atoms with Crippen LogP contribution in [0.3, 0.4) is 0 Å². The van der Waals surface area contributed by atoms with E-state index >= 15 is 0 Å². The molecule has 1 N–H and O–H groups in total. The third-order valence-corrected chi connectivity index (χ3v) is 3.04. The standard InChI is InChI=1S/C12H16N4S/c1-3-5-9-8-10(13-4-2)16-11(15-9)12-14-6-7-17-12/h6-8H,3-5H2,1-2H3,(H,13,15,16). The number of nitrogens with one attached hydrogen (secondary N) is 1. The maximum Gasteiger partial charge on any atom is 0.190 e. The van der Waals surface area contributed by atoms with Gasteiger partial charge >= 0.3 is 0 Å². The summed E-state index contributed by atoms with van der Waals surface area (Å²) < 4.78 is 0. The largest absolute Gasteiger partial charge is 0.370 e. The average molecular weight is 248 g/mol. The minimum Gasteiger partial charge on any atom is -0.370 e. The third-order valence-electron chi connectivity index (χ3n) is 2.27. The van der Waals surface area contributed by atoms with Gasteiger partial charge in [-0.3, -0.25) is 0 Å². The van der Waals surface area contributed by atoms with Crippen LogP contribution in [0.25, 0.3) is 10.8 Å². The van der Waals surface area contributed by atoms with E-state index in [0.29, 0.717) is 0 Å². The molecule has 0 aliphatic rings. The second-order valence-corrected chi connectivity index (χ2v) is 4.58. The Morgan fingerprint density at radius 3 is 2.82 bits per heavy atom. The van der Waals surface area contributed by atoms with E-state index in [4.69, 9.17) is 0 Å². The van der Waals surface area contributed by atoms with Gasteiger partial charge in [-0.25, -0.2) is 15.0 Å². The molecule has 0 unspecified atom stereocenters. The Kier molecular flexibility index (Phi) is 4.03. The van der Waals surface area contributed by atoms with E-state index in [1.165, 1.54) is 0 Å². The Bertz CT molecular complexity index is 443. The first-order chi connectivity index (χ1) is 8.33. The summed E-state index contributed by atoms with van der Waals surface area (Å²) in [6.07, 6.45) is 3.84. The highest BCUT2D eigenvalue weighted by Crippen LogP contribution is 2.20. The normalized spacial score (nSPS) is 10.5. The van der Waals surface area contributed by atoms with Gasteiger partial charge in [0.25, 0.3) is 0 Å². The van der Waals surface area contributed by atoms with Gasteiger partial charge in [-0.05, 0) is 13.3 Å². The lowest BCUT2D eigenvalue weighted by Gasteiger charge is -2.06. The fourth-order valence-electron chi connectivity index (χ4n) is 1.58. The van der Waals surface area contributed by atoms with Crippen molar-refractivity contribution in [3.63, 3.8) is 0 Å². The summed E-state index contributed by atoms with van der Waals surface area (Å²) in [6.45, 7) is 5.07. The monoisotopic (exact) mass is 248 g/mol. The molecule has 2 heterocycles. The van der Waals surface area contributed by atoms with Crippen molar-refractivity contribution in [3.8, 4) is 10.8 Å². The molecule has 0 spiro atoms. The molecular weight excluding hydrogens is 232 g/mol. The van der Waals surface area contributed by atoms with Gasteiger partial charge < -0.3 is 5.32 Å². The van der Waals surface area contributed by atoms with Crippen LogP contribution in [0, 0.1) is 0 Å². The molecule has 2 aromatic rings. The summed E-state index contributed by atoms with van der Waals surface area (Å²) in [5.41, 5.74) is 1.07. The van der Waals surface area contributed by atoms with Gasteiger partial charge in [-0.2, -0.15) is 0 Å². The van der Waals surface area contributed by atoms with Crippen LogP contribution in [0.2, 0.25) is 0 Å². The molecule has 0 aromatic carbocycles. The Morgan fingerprint density at radius 1 is 1.29 bits per heavy atom. The lowest BCUT2D eigenvalue weighted by atomic mass is 10.2. The molecule has 2 aromatic heterocycles. The van der Waals surface area contributed by atoms with Gasteiger partial charge in [0, 0.05) is 29.9 Å². The minimum absolute atomic E-state index is 0.724. The zero-order valence-corrected chi connectivity index (χ0v) is 10.9. The smallest absolute Gasteiger partial charge is 0.190 e. The van der Waals surface area contributed by atoms with Crippen LogP contribution in [-0.2, 0) is 6.42 Å². The van der Waals surface area contributed by atoms with E-state index < -0.39 is 0 Å². The van der Waals surface area contributed by atoms with Crippen molar-refractivity contribution in [2.45, 2.75) is 26.7 Å². The highest BCUT2D eigenvalue weighted by Gasteiger charge is 2.08. The van der Waals surface area contributed by atoms with Crippen molar-refractivity contribution in [3.05, 3.63) is 23.3 Å². The Morgan fingerprint density at radius 2 is 2.18 bits per heavy atom. The van der Waals surface area contributed by atoms with Gasteiger partial charge in [-0.15, -0.1) is 11.3 Å². The zero-order chi connectivity index (χ0) is 12.1. The van der Waals surface area contributed by atoms with E-state index in [-0.39, 0.29) is 0 Å². The highest BCUT2D eigenvalue weighted by atomic mass is 32.1. The average Bonchev–Trinajstić information content (AvgIpc) is 2.83. The van der Waals surface area contributed by atoms with Crippen LogP contribution in [-0.4, -0.2) is 21.5 Å². The number of rotatable bonds is 5. The number of nitrogens with zero attached hydrogens (tertiary/aromatic N) is 3. The van der Waals surface area contributed by atoms with Crippen LogP contribution in [0.1, 0.15) is 26.0 Å². The number of aromatic nitrogens is 3. The van der Waals surface area contributed by atoms with Crippen LogP contribution in [0.15, 0.2) is 17.6 Å². The molecule has 0 bridgehead atoms. The Balaban J connectivity index is 2.37. The number of anilines is 1. The van der Waals surface area contributed by atoms with Crippen molar-refractivity contribution in [2.24, 2.45) is 0 Å². The van der Waals surface area contributed by atoms with Crippen molar-refractivity contribution < 1.29 is 0 Å². The Labute approximate surface area is 105 Å². The molecular formula is C12H16N4S.